The van der Waals surface area contributed by atoms with Gasteiger partial charge in [-0.05, 0) is 39.2 Å². The molecule has 0 amide bonds. The predicted octanol–water partition coefficient (Wildman–Crippen LogP) is 3.47. The highest BCUT2D eigenvalue weighted by atomic mass is 32.1. The second-order valence-electron chi connectivity index (χ2n) is 5.85. The number of thiazole rings is 1. The Labute approximate surface area is 114 Å². The Morgan fingerprint density at radius 2 is 2.28 bits per heavy atom. The van der Waals surface area contributed by atoms with E-state index in [0.717, 1.165) is 18.0 Å². The molecule has 102 valence electrons. The van der Waals surface area contributed by atoms with Gasteiger partial charge in [0.1, 0.15) is 11.1 Å². The molecule has 1 aromatic heterocycles. The first-order valence-corrected chi connectivity index (χ1v) is 7.57. The Bertz CT molecular complexity index is 414. The second-order valence-corrected chi connectivity index (χ2v) is 6.91. The summed E-state index contributed by atoms with van der Waals surface area (Å²) in [6.07, 6.45) is 2.38. The van der Waals surface area contributed by atoms with Gasteiger partial charge < -0.3 is 10.1 Å². The predicted molar refractivity (Wildman–Crippen MR) is 76.1 cm³/mol. The highest BCUT2D eigenvalue weighted by Crippen LogP contribution is 2.43. The van der Waals surface area contributed by atoms with Gasteiger partial charge in [-0.1, -0.05) is 13.8 Å². The van der Waals surface area contributed by atoms with Crippen LogP contribution in [0.4, 0.5) is 0 Å². The minimum Gasteiger partial charge on any atom is -0.372 e. The van der Waals surface area contributed by atoms with Crippen molar-refractivity contribution in [1.82, 2.24) is 10.3 Å². The lowest BCUT2D eigenvalue weighted by molar-refractivity contribution is 0.0760. The van der Waals surface area contributed by atoms with E-state index < -0.39 is 0 Å². The lowest BCUT2D eigenvalue weighted by Crippen LogP contribution is -2.30. The van der Waals surface area contributed by atoms with Crippen molar-refractivity contribution in [2.75, 3.05) is 13.7 Å². The fraction of sp³-hybridized carbons (Fsp3) is 0.786. The third-order valence-electron chi connectivity index (χ3n) is 3.58. The Balaban J connectivity index is 2.29. The average molecular weight is 268 g/mol. The molecule has 3 nitrogen and oxygen atoms in total. The average Bonchev–Trinajstić information content (AvgIpc) is 2.70. The molecule has 4 heteroatoms. The van der Waals surface area contributed by atoms with Crippen molar-refractivity contribution in [3.63, 3.8) is 0 Å². The monoisotopic (exact) mass is 268 g/mol. The number of nitrogens with zero attached hydrogens (tertiary/aromatic N) is 1. The molecule has 0 aromatic carbocycles. The lowest BCUT2D eigenvalue weighted by atomic mass is 9.76. The van der Waals surface area contributed by atoms with Crippen LogP contribution >= 0.6 is 11.3 Å². The Morgan fingerprint density at radius 1 is 1.56 bits per heavy atom. The number of hydrogen-bond acceptors (Lipinski definition) is 4. The molecular formula is C14H24N2OS. The first kappa shape index (κ1) is 14.0. The molecule has 1 N–H and O–H groups in total. The molecule has 2 unspecified atom stereocenters. The molecule has 1 aromatic rings. The quantitative estimate of drug-likeness (QED) is 0.908. The first-order chi connectivity index (χ1) is 8.46. The maximum atomic E-state index is 5.65. The summed E-state index contributed by atoms with van der Waals surface area (Å²) in [5.74, 6) is 0. The fourth-order valence-corrected chi connectivity index (χ4v) is 3.87. The van der Waals surface area contributed by atoms with Gasteiger partial charge in [0.2, 0.25) is 0 Å². The van der Waals surface area contributed by atoms with Gasteiger partial charge in [0.15, 0.2) is 0 Å². The zero-order valence-corrected chi connectivity index (χ0v) is 12.9. The summed E-state index contributed by atoms with van der Waals surface area (Å²) in [7, 11) is 2.04. The number of hydrogen-bond donors (Lipinski definition) is 1. The third kappa shape index (κ3) is 2.76. The molecule has 0 saturated heterocycles. The summed E-state index contributed by atoms with van der Waals surface area (Å²) in [5, 5.41) is 4.55. The first-order valence-electron chi connectivity index (χ1n) is 6.75. The van der Waals surface area contributed by atoms with Crippen LogP contribution in [0.25, 0.3) is 0 Å². The molecule has 0 spiro atoms. The summed E-state index contributed by atoms with van der Waals surface area (Å²) in [6, 6.07) is 0.448. The molecule has 0 radical (unpaired) electrons. The molecular weight excluding hydrogens is 244 g/mol. The van der Waals surface area contributed by atoms with Crippen molar-refractivity contribution >= 4 is 11.3 Å². The van der Waals surface area contributed by atoms with Crippen LogP contribution in [-0.2, 0) is 11.2 Å². The highest BCUT2D eigenvalue weighted by Gasteiger charge is 2.34. The van der Waals surface area contributed by atoms with E-state index >= 15 is 0 Å². The Hall–Kier alpha value is -0.450. The van der Waals surface area contributed by atoms with Gasteiger partial charge in [-0.3, -0.25) is 0 Å². The molecule has 0 fully saturated rings. The van der Waals surface area contributed by atoms with Crippen LogP contribution in [0.3, 0.4) is 0 Å². The van der Waals surface area contributed by atoms with Gasteiger partial charge >= 0.3 is 0 Å². The van der Waals surface area contributed by atoms with E-state index in [1.54, 1.807) is 0 Å². The topological polar surface area (TPSA) is 34.1 Å². The van der Waals surface area contributed by atoms with Crippen molar-refractivity contribution in [3.05, 3.63) is 15.6 Å². The smallest absolute Gasteiger partial charge is 0.122 e. The normalized spacial score (nSPS) is 23.7. The fourth-order valence-electron chi connectivity index (χ4n) is 2.68. The third-order valence-corrected chi connectivity index (χ3v) is 4.95. The van der Waals surface area contributed by atoms with E-state index in [1.165, 1.54) is 17.0 Å². The molecule has 2 atom stereocenters. The summed E-state index contributed by atoms with van der Waals surface area (Å²) in [5.41, 5.74) is 1.61. The molecule has 1 aliphatic rings. The van der Waals surface area contributed by atoms with Crippen LogP contribution in [0.2, 0.25) is 0 Å². The zero-order valence-electron chi connectivity index (χ0n) is 12.0. The summed E-state index contributed by atoms with van der Waals surface area (Å²) < 4.78 is 5.65. The lowest BCUT2D eigenvalue weighted by Gasteiger charge is -2.34. The summed E-state index contributed by atoms with van der Waals surface area (Å²) >= 11 is 1.82. The van der Waals surface area contributed by atoms with Crippen LogP contribution in [-0.4, -0.2) is 18.6 Å². The van der Waals surface area contributed by atoms with Gasteiger partial charge in [-0.15, -0.1) is 11.3 Å². The van der Waals surface area contributed by atoms with Gasteiger partial charge in [0.25, 0.3) is 0 Å². The van der Waals surface area contributed by atoms with Crippen molar-refractivity contribution in [2.45, 2.75) is 52.7 Å². The molecule has 2 rings (SSSR count). The SMILES string of the molecule is CCOC(C)c1nc2c(s1)C(NC)CC(C)(C)C2. The number of aromatic nitrogens is 1. The minimum absolute atomic E-state index is 0.117. The minimum atomic E-state index is 0.117. The number of nitrogens with one attached hydrogen (secondary N) is 1. The summed E-state index contributed by atoms with van der Waals surface area (Å²) in [4.78, 5) is 6.23. The Kier molecular flexibility index (Phi) is 4.09. The number of ether oxygens (including phenoxy) is 1. The maximum absolute atomic E-state index is 5.65. The summed E-state index contributed by atoms with van der Waals surface area (Å²) in [6.45, 7) is 9.51. The van der Waals surface area contributed by atoms with Crippen molar-refractivity contribution < 1.29 is 4.74 Å². The van der Waals surface area contributed by atoms with Crippen LogP contribution in [0.15, 0.2) is 0 Å². The number of fused-ring (bicyclic) bond motifs is 1. The van der Waals surface area contributed by atoms with E-state index in [0.29, 0.717) is 11.5 Å². The van der Waals surface area contributed by atoms with Crippen LogP contribution in [0.5, 0.6) is 0 Å². The standard InChI is InChI=1S/C14H24N2OS/c1-6-17-9(2)13-16-11-8-14(3,4)7-10(15-5)12(11)18-13/h9-10,15H,6-8H2,1-5H3. The molecule has 0 aliphatic heterocycles. The van der Waals surface area contributed by atoms with Crippen LogP contribution < -0.4 is 5.32 Å². The van der Waals surface area contributed by atoms with E-state index in [2.05, 4.69) is 26.1 Å². The number of rotatable bonds is 4. The Morgan fingerprint density at radius 3 is 2.89 bits per heavy atom. The van der Waals surface area contributed by atoms with Crippen molar-refractivity contribution in [2.24, 2.45) is 5.41 Å². The molecule has 0 saturated carbocycles. The zero-order chi connectivity index (χ0) is 13.3. The van der Waals surface area contributed by atoms with E-state index in [1.807, 2.05) is 25.3 Å². The molecule has 1 aliphatic carbocycles. The van der Waals surface area contributed by atoms with E-state index in [4.69, 9.17) is 9.72 Å². The van der Waals surface area contributed by atoms with Gasteiger partial charge in [0, 0.05) is 17.5 Å². The van der Waals surface area contributed by atoms with Crippen molar-refractivity contribution in [3.8, 4) is 0 Å². The van der Waals surface area contributed by atoms with Gasteiger partial charge in [0.05, 0.1) is 5.69 Å². The molecule has 0 bridgehead atoms. The van der Waals surface area contributed by atoms with Crippen LogP contribution in [0.1, 0.15) is 61.8 Å². The maximum Gasteiger partial charge on any atom is 0.122 e. The second kappa shape index (κ2) is 5.27. The van der Waals surface area contributed by atoms with E-state index in [-0.39, 0.29) is 6.10 Å². The van der Waals surface area contributed by atoms with Gasteiger partial charge in [-0.2, -0.15) is 0 Å². The van der Waals surface area contributed by atoms with Crippen molar-refractivity contribution in [1.29, 1.82) is 0 Å². The largest absolute Gasteiger partial charge is 0.372 e. The van der Waals surface area contributed by atoms with E-state index in [9.17, 15) is 0 Å². The molecule has 18 heavy (non-hydrogen) atoms. The highest BCUT2D eigenvalue weighted by molar-refractivity contribution is 7.11. The van der Waals surface area contributed by atoms with Crippen LogP contribution in [0, 0.1) is 5.41 Å². The van der Waals surface area contributed by atoms with Gasteiger partial charge in [-0.25, -0.2) is 4.98 Å². The molecule has 1 heterocycles.